The summed E-state index contributed by atoms with van der Waals surface area (Å²) in [6.45, 7) is 4.31. The first-order valence-electron chi connectivity index (χ1n) is 10.7. The Kier molecular flexibility index (Phi) is 7.16. The van der Waals surface area contributed by atoms with Crippen LogP contribution in [0.25, 0.3) is 0 Å². The van der Waals surface area contributed by atoms with Crippen molar-refractivity contribution < 1.29 is 27.8 Å². The molecule has 1 amide bonds. The third kappa shape index (κ3) is 6.05. The molecule has 0 bridgehead atoms. The van der Waals surface area contributed by atoms with Gasteiger partial charge in [-0.2, -0.15) is 8.78 Å². The molecule has 172 valence electrons. The van der Waals surface area contributed by atoms with Crippen LogP contribution in [-0.4, -0.2) is 24.1 Å². The quantitative estimate of drug-likeness (QED) is 0.586. The first-order chi connectivity index (χ1) is 15.0. The summed E-state index contributed by atoms with van der Waals surface area (Å²) in [4.78, 5) is 25.5. The molecule has 2 aromatic carbocycles. The van der Waals surface area contributed by atoms with E-state index in [0.29, 0.717) is 6.42 Å². The standard InChI is InChI=1S/C25H29F2NO4/c1-15(16-9-11-19(12-10-16)31-23(26)27)21(29)14-18-13-17-7-5-6-8-20(17)22(18)28-24(30)32-25(2,3)4/h5-12,15,18,22-23H,13-14H2,1-4H3,(H,28,30)/t15?,18-,22-/m1/s1. The van der Waals surface area contributed by atoms with Crippen molar-refractivity contribution >= 4 is 11.9 Å². The summed E-state index contributed by atoms with van der Waals surface area (Å²) in [7, 11) is 0. The van der Waals surface area contributed by atoms with E-state index in [1.54, 1.807) is 39.8 Å². The van der Waals surface area contributed by atoms with Gasteiger partial charge in [0.05, 0.1) is 6.04 Å². The van der Waals surface area contributed by atoms with Gasteiger partial charge in [0.2, 0.25) is 0 Å². The van der Waals surface area contributed by atoms with E-state index in [-0.39, 0.29) is 29.9 Å². The molecule has 0 aliphatic heterocycles. The molecule has 2 aromatic rings. The molecule has 5 nitrogen and oxygen atoms in total. The maximum Gasteiger partial charge on any atom is 0.408 e. The Bertz CT molecular complexity index is 953. The summed E-state index contributed by atoms with van der Waals surface area (Å²) in [5, 5.41) is 2.95. The molecule has 0 fully saturated rings. The van der Waals surface area contributed by atoms with E-state index in [0.717, 1.165) is 16.7 Å². The highest BCUT2D eigenvalue weighted by Crippen LogP contribution is 2.39. The Morgan fingerprint density at radius 3 is 2.38 bits per heavy atom. The van der Waals surface area contributed by atoms with Crippen molar-refractivity contribution in [2.75, 3.05) is 0 Å². The third-order valence-electron chi connectivity index (χ3n) is 5.57. The SMILES string of the molecule is CC(C(=O)C[C@H]1Cc2ccccc2[C@@H]1NC(=O)OC(C)(C)C)c1ccc(OC(F)F)cc1. The monoisotopic (exact) mass is 445 g/mol. The summed E-state index contributed by atoms with van der Waals surface area (Å²) >= 11 is 0. The van der Waals surface area contributed by atoms with Crippen molar-refractivity contribution in [2.24, 2.45) is 5.92 Å². The number of halogens is 2. The molecule has 1 aliphatic carbocycles. The predicted molar refractivity (Wildman–Crippen MR) is 117 cm³/mol. The van der Waals surface area contributed by atoms with E-state index < -0.39 is 24.2 Å². The van der Waals surface area contributed by atoms with E-state index in [4.69, 9.17) is 4.74 Å². The molecule has 0 radical (unpaired) electrons. The number of carbonyl (C=O) groups excluding carboxylic acids is 2. The van der Waals surface area contributed by atoms with Gasteiger partial charge < -0.3 is 14.8 Å². The number of alkyl carbamates (subject to hydrolysis) is 1. The molecule has 3 atom stereocenters. The average molecular weight is 446 g/mol. The zero-order valence-corrected chi connectivity index (χ0v) is 18.7. The number of ketones is 1. The van der Waals surface area contributed by atoms with Gasteiger partial charge >= 0.3 is 12.7 Å². The Morgan fingerprint density at radius 2 is 1.75 bits per heavy atom. The maximum absolute atomic E-state index is 13.1. The fourth-order valence-corrected chi connectivity index (χ4v) is 4.06. The van der Waals surface area contributed by atoms with Gasteiger partial charge in [-0.3, -0.25) is 4.79 Å². The van der Waals surface area contributed by atoms with Crippen molar-refractivity contribution in [3.63, 3.8) is 0 Å². The number of alkyl halides is 2. The van der Waals surface area contributed by atoms with Crippen LogP contribution in [-0.2, 0) is 16.0 Å². The van der Waals surface area contributed by atoms with Crippen LogP contribution in [0, 0.1) is 5.92 Å². The van der Waals surface area contributed by atoms with Gasteiger partial charge in [0.15, 0.2) is 0 Å². The Labute approximate surface area is 187 Å². The predicted octanol–water partition coefficient (Wildman–Crippen LogP) is 5.79. The lowest BCUT2D eigenvalue weighted by Gasteiger charge is -2.26. The van der Waals surface area contributed by atoms with Crippen molar-refractivity contribution in [1.82, 2.24) is 5.32 Å². The second-order valence-electron chi connectivity index (χ2n) is 9.13. The minimum absolute atomic E-state index is 0.0151. The Morgan fingerprint density at radius 1 is 1.09 bits per heavy atom. The second-order valence-corrected chi connectivity index (χ2v) is 9.13. The zero-order valence-electron chi connectivity index (χ0n) is 18.7. The van der Waals surface area contributed by atoms with Crippen LogP contribution in [0.3, 0.4) is 0 Å². The minimum atomic E-state index is -2.89. The van der Waals surface area contributed by atoms with E-state index in [1.165, 1.54) is 12.1 Å². The highest BCUT2D eigenvalue weighted by Gasteiger charge is 2.36. The fraction of sp³-hybridized carbons (Fsp3) is 0.440. The smallest absolute Gasteiger partial charge is 0.408 e. The van der Waals surface area contributed by atoms with Crippen LogP contribution in [0.2, 0.25) is 0 Å². The van der Waals surface area contributed by atoms with Crippen LogP contribution in [0.5, 0.6) is 5.75 Å². The molecule has 1 aliphatic rings. The van der Waals surface area contributed by atoms with Gasteiger partial charge in [0.25, 0.3) is 0 Å². The molecule has 0 saturated carbocycles. The molecular formula is C25H29F2NO4. The number of ether oxygens (including phenoxy) is 2. The van der Waals surface area contributed by atoms with Crippen LogP contribution >= 0.6 is 0 Å². The number of hydrogen-bond acceptors (Lipinski definition) is 4. The fourth-order valence-electron chi connectivity index (χ4n) is 4.06. The summed E-state index contributed by atoms with van der Waals surface area (Å²) in [5.41, 5.74) is 2.20. The minimum Gasteiger partial charge on any atom is -0.444 e. The number of hydrogen-bond donors (Lipinski definition) is 1. The van der Waals surface area contributed by atoms with E-state index in [2.05, 4.69) is 10.1 Å². The van der Waals surface area contributed by atoms with Gasteiger partial charge in [0.1, 0.15) is 17.1 Å². The Balaban J connectivity index is 1.71. The van der Waals surface area contributed by atoms with Gasteiger partial charge in [-0.25, -0.2) is 4.79 Å². The molecule has 0 heterocycles. The molecule has 0 aromatic heterocycles. The lowest BCUT2D eigenvalue weighted by Crippen LogP contribution is -2.37. The van der Waals surface area contributed by atoms with Gasteiger partial charge in [-0.1, -0.05) is 43.3 Å². The van der Waals surface area contributed by atoms with Crippen molar-refractivity contribution in [3.8, 4) is 5.75 Å². The molecule has 0 spiro atoms. The molecular weight excluding hydrogens is 416 g/mol. The van der Waals surface area contributed by atoms with E-state index in [9.17, 15) is 18.4 Å². The van der Waals surface area contributed by atoms with Crippen molar-refractivity contribution in [2.45, 2.75) is 64.7 Å². The van der Waals surface area contributed by atoms with Crippen LogP contribution in [0.4, 0.5) is 13.6 Å². The molecule has 1 unspecified atom stereocenters. The number of benzene rings is 2. The summed E-state index contributed by atoms with van der Waals surface area (Å²) in [6.07, 6.45) is 0.432. The van der Waals surface area contributed by atoms with Crippen LogP contribution in [0.1, 0.15) is 62.8 Å². The van der Waals surface area contributed by atoms with Gasteiger partial charge in [0, 0.05) is 12.3 Å². The summed E-state index contributed by atoms with van der Waals surface area (Å²) in [6, 6.07) is 13.6. The van der Waals surface area contributed by atoms with Crippen molar-refractivity contribution in [3.05, 3.63) is 65.2 Å². The lowest BCUT2D eigenvalue weighted by atomic mass is 9.87. The normalized spacial score (nSPS) is 18.7. The highest BCUT2D eigenvalue weighted by atomic mass is 19.3. The third-order valence-corrected chi connectivity index (χ3v) is 5.57. The number of fused-ring (bicyclic) bond motifs is 1. The topological polar surface area (TPSA) is 64.6 Å². The average Bonchev–Trinajstić information content (AvgIpc) is 3.03. The first kappa shape index (κ1) is 23.7. The van der Waals surface area contributed by atoms with E-state index in [1.807, 2.05) is 24.3 Å². The van der Waals surface area contributed by atoms with Crippen LogP contribution < -0.4 is 10.1 Å². The Hall–Kier alpha value is -2.96. The largest absolute Gasteiger partial charge is 0.444 e. The van der Waals surface area contributed by atoms with Gasteiger partial charge in [-0.15, -0.1) is 0 Å². The van der Waals surface area contributed by atoms with Crippen molar-refractivity contribution in [1.29, 1.82) is 0 Å². The molecule has 3 rings (SSSR count). The number of Topliss-reactive ketones (excluding diaryl/α,β-unsaturated/α-hetero) is 1. The highest BCUT2D eigenvalue weighted by molar-refractivity contribution is 5.86. The lowest BCUT2D eigenvalue weighted by molar-refractivity contribution is -0.121. The number of carbonyl (C=O) groups is 2. The molecule has 1 N–H and O–H groups in total. The van der Waals surface area contributed by atoms with Gasteiger partial charge in [-0.05, 0) is 61.9 Å². The molecule has 7 heteroatoms. The summed E-state index contributed by atoms with van der Waals surface area (Å²) < 4.78 is 34.5. The maximum atomic E-state index is 13.1. The van der Waals surface area contributed by atoms with Crippen LogP contribution in [0.15, 0.2) is 48.5 Å². The number of rotatable bonds is 7. The number of amides is 1. The molecule has 32 heavy (non-hydrogen) atoms. The summed E-state index contributed by atoms with van der Waals surface area (Å²) in [5.74, 6) is -0.449. The molecule has 0 saturated heterocycles. The zero-order chi connectivity index (χ0) is 23.5. The number of nitrogens with one attached hydrogen (secondary N) is 1. The second kappa shape index (κ2) is 9.67. The first-order valence-corrected chi connectivity index (χ1v) is 10.7. The van der Waals surface area contributed by atoms with E-state index >= 15 is 0 Å².